The first kappa shape index (κ1) is 14.5. The van der Waals surface area contributed by atoms with E-state index in [4.69, 9.17) is 4.98 Å². The zero-order valence-corrected chi connectivity index (χ0v) is 13.2. The summed E-state index contributed by atoms with van der Waals surface area (Å²) in [6, 6.07) is 0.265. The third kappa shape index (κ3) is 3.23. The van der Waals surface area contributed by atoms with Crippen molar-refractivity contribution in [1.29, 1.82) is 0 Å². The lowest BCUT2D eigenvalue weighted by atomic mass is 10.0. The Bertz CT molecular complexity index is 416. The molecule has 0 saturated heterocycles. The third-order valence-electron chi connectivity index (χ3n) is 4.81. The number of hydrogen-bond donors (Lipinski definition) is 2. The number of nitrogens with one attached hydrogen (secondary N) is 1. The molecule has 0 radical (unpaired) electrons. The molecule has 1 aromatic heterocycles. The van der Waals surface area contributed by atoms with Crippen molar-refractivity contribution in [3.8, 4) is 0 Å². The van der Waals surface area contributed by atoms with Crippen molar-refractivity contribution in [2.24, 2.45) is 5.92 Å². The van der Waals surface area contributed by atoms with Crippen LogP contribution in [0.25, 0.3) is 0 Å². The van der Waals surface area contributed by atoms with Crippen LogP contribution in [0.15, 0.2) is 0 Å². The van der Waals surface area contributed by atoms with E-state index in [-0.39, 0.29) is 12.1 Å². The summed E-state index contributed by atoms with van der Waals surface area (Å²) in [6.45, 7) is 2.88. The summed E-state index contributed by atoms with van der Waals surface area (Å²) in [7, 11) is 0. The van der Waals surface area contributed by atoms with Crippen molar-refractivity contribution in [3.05, 3.63) is 15.6 Å². The van der Waals surface area contributed by atoms with Crippen LogP contribution in [0.4, 0.5) is 0 Å². The zero-order valence-electron chi connectivity index (χ0n) is 12.4. The van der Waals surface area contributed by atoms with Gasteiger partial charge in [-0.15, -0.1) is 11.3 Å². The molecule has 0 aliphatic heterocycles. The van der Waals surface area contributed by atoms with Gasteiger partial charge in [0.25, 0.3) is 0 Å². The Kier molecular flexibility index (Phi) is 4.74. The summed E-state index contributed by atoms with van der Waals surface area (Å²) >= 11 is 1.87. The molecule has 2 unspecified atom stereocenters. The van der Waals surface area contributed by atoms with E-state index in [1.807, 2.05) is 11.3 Å². The number of nitrogens with zero attached hydrogens (tertiary/aromatic N) is 1. The highest BCUT2D eigenvalue weighted by Gasteiger charge is 2.24. The molecule has 0 spiro atoms. The molecule has 0 bridgehead atoms. The Hall–Kier alpha value is -0.450. The van der Waals surface area contributed by atoms with Gasteiger partial charge in [0, 0.05) is 11.4 Å². The van der Waals surface area contributed by atoms with Crippen molar-refractivity contribution >= 4 is 11.3 Å². The number of thiazole rings is 1. The van der Waals surface area contributed by atoms with Gasteiger partial charge in [-0.3, -0.25) is 0 Å². The van der Waals surface area contributed by atoms with Gasteiger partial charge in [-0.05, 0) is 51.4 Å². The maximum absolute atomic E-state index is 10.2. The fraction of sp³-hybridized carbons (Fsp3) is 0.812. The van der Waals surface area contributed by atoms with Gasteiger partial charge in [0.1, 0.15) is 5.01 Å². The topological polar surface area (TPSA) is 45.1 Å². The second-order valence-electron chi connectivity index (χ2n) is 6.37. The highest BCUT2D eigenvalue weighted by atomic mass is 32.1. The summed E-state index contributed by atoms with van der Waals surface area (Å²) in [4.78, 5) is 6.30. The summed E-state index contributed by atoms with van der Waals surface area (Å²) < 4.78 is 0. The molecule has 1 aromatic rings. The van der Waals surface area contributed by atoms with E-state index in [1.165, 1.54) is 60.5 Å². The molecule has 112 valence electrons. The van der Waals surface area contributed by atoms with E-state index in [0.717, 1.165) is 6.42 Å². The minimum Gasteiger partial charge on any atom is -0.392 e. The van der Waals surface area contributed by atoms with Crippen molar-refractivity contribution in [2.45, 2.75) is 70.4 Å². The number of hydrogen-bond acceptors (Lipinski definition) is 4. The summed E-state index contributed by atoms with van der Waals surface area (Å²) in [5.74, 6) is 0.513. The predicted molar refractivity (Wildman–Crippen MR) is 83.1 cm³/mol. The first-order valence-corrected chi connectivity index (χ1v) is 8.95. The highest BCUT2D eigenvalue weighted by Crippen LogP contribution is 2.30. The molecular weight excluding hydrogens is 268 g/mol. The fourth-order valence-electron chi connectivity index (χ4n) is 3.45. The largest absolute Gasteiger partial charge is 0.392 e. The predicted octanol–water partition coefficient (Wildman–Crippen LogP) is 3.22. The third-order valence-corrected chi connectivity index (χ3v) is 6.15. The van der Waals surface area contributed by atoms with Crippen LogP contribution < -0.4 is 5.32 Å². The van der Waals surface area contributed by atoms with Gasteiger partial charge in [-0.1, -0.05) is 12.8 Å². The number of aliphatic hydroxyl groups is 1. The van der Waals surface area contributed by atoms with Gasteiger partial charge < -0.3 is 10.4 Å². The van der Waals surface area contributed by atoms with E-state index >= 15 is 0 Å². The maximum atomic E-state index is 10.2. The molecule has 20 heavy (non-hydrogen) atoms. The van der Waals surface area contributed by atoms with Crippen LogP contribution in [-0.4, -0.2) is 22.7 Å². The van der Waals surface area contributed by atoms with Gasteiger partial charge >= 0.3 is 0 Å². The van der Waals surface area contributed by atoms with Crippen LogP contribution in [0.5, 0.6) is 0 Å². The Balaban J connectivity index is 1.53. The summed E-state index contributed by atoms with van der Waals surface area (Å²) in [5.41, 5.74) is 1.33. The van der Waals surface area contributed by atoms with E-state index in [1.54, 1.807) is 0 Å². The SMILES string of the molecule is CC(NCC(O)C1CCCC1)c1nc2c(s1)CCCC2. The molecule has 2 N–H and O–H groups in total. The van der Waals surface area contributed by atoms with E-state index in [2.05, 4.69) is 12.2 Å². The molecule has 1 heterocycles. The van der Waals surface area contributed by atoms with Crippen LogP contribution in [0.3, 0.4) is 0 Å². The average Bonchev–Trinajstić information content (AvgIpc) is 3.12. The van der Waals surface area contributed by atoms with Crippen molar-refractivity contribution < 1.29 is 5.11 Å². The molecule has 2 aliphatic carbocycles. The lowest BCUT2D eigenvalue weighted by Crippen LogP contribution is -2.33. The minimum atomic E-state index is -0.186. The van der Waals surface area contributed by atoms with Crippen LogP contribution >= 0.6 is 11.3 Å². The van der Waals surface area contributed by atoms with Crippen molar-refractivity contribution in [1.82, 2.24) is 10.3 Å². The van der Waals surface area contributed by atoms with Gasteiger partial charge in [0.2, 0.25) is 0 Å². The standard InChI is InChI=1S/C16H26N2OS/c1-11(17-10-14(19)12-6-2-3-7-12)16-18-13-8-4-5-9-15(13)20-16/h11-12,14,17,19H,2-10H2,1H3. The van der Waals surface area contributed by atoms with E-state index < -0.39 is 0 Å². The van der Waals surface area contributed by atoms with E-state index in [9.17, 15) is 5.11 Å². The molecule has 3 rings (SSSR count). The quantitative estimate of drug-likeness (QED) is 0.876. The second-order valence-corrected chi connectivity index (χ2v) is 7.49. The maximum Gasteiger partial charge on any atom is 0.110 e. The van der Waals surface area contributed by atoms with Gasteiger partial charge in [-0.25, -0.2) is 4.98 Å². The average molecular weight is 294 g/mol. The van der Waals surface area contributed by atoms with Crippen molar-refractivity contribution in [2.75, 3.05) is 6.54 Å². The van der Waals surface area contributed by atoms with Crippen molar-refractivity contribution in [3.63, 3.8) is 0 Å². The fourth-order valence-corrected chi connectivity index (χ4v) is 4.63. The summed E-state index contributed by atoms with van der Waals surface area (Å²) in [6.07, 6.45) is 9.76. The molecule has 2 atom stereocenters. The van der Waals surface area contributed by atoms with Gasteiger partial charge in [0.15, 0.2) is 0 Å². The smallest absolute Gasteiger partial charge is 0.110 e. The molecule has 0 amide bonds. The molecule has 1 saturated carbocycles. The lowest BCUT2D eigenvalue weighted by Gasteiger charge is -2.20. The highest BCUT2D eigenvalue weighted by molar-refractivity contribution is 7.11. The van der Waals surface area contributed by atoms with E-state index in [0.29, 0.717) is 12.5 Å². The first-order valence-electron chi connectivity index (χ1n) is 8.14. The lowest BCUT2D eigenvalue weighted by molar-refractivity contribution is 0.106. The Morgan fingerprint density at radius 2 is 2.00 bits per heavy atom. The molecule has 4 heteroatoms. The van der Waals surface area contributed by atoms with Crippen LogP contribution in [0.1, 0.15) is 67.1 Å². The Labute approximate surface area is 125 Å². The molecule has 1 fully saturated rings. The summed E-state index contributed by atoms with van der Waals surface area (Å²) in [5, 5.41) is 14.9. The van der Waals surface area contributed by atoms with Gasteiger partial charge in [0.05, 0.1) is 17.8 Å². The second kappa shape index (κ2) is 6.54. The molecule has 2 aliphatic rings. The number of fused-ring (bicyclic) bond motifs is 1. The monoisotopic (exact) mass is 294 g/mol. The normalized spacial score (nSPS) is 22.7. The Morgan fingerprint density at radius 3 is 2.75 bits per heavy atom. The number of aromatic nitrogens is 1. The van der Waals surface area contributed by atoms with Crippen LogP contribution in [-0.2, 0) is 12.8 Å². The zero-order chi connectivity index (χ0) is 13.9. The molecular formula is C16H26N2OS. The van der Waals surface area contributed by atoms with Crippen LogP contribution in [0, 0.1) is 5.92 Å². The molecule has 0 aromatic carbocycles. The Morgan fingerprint density at radius 1 is 1.25 bits per heavy atom. The minimum absolute atomic E-state index is 0.186. The van der Waals surface area contributed by atoms with Crippen LogP contribution in [0.2, 0.25) is 0 Å². The van der Waals surface area contributed by atoms with Gasteiger partial charge in [-0.2, -0.15) is 0 Å². The molecule has 3 nitrogen and oxygen atoms in total. The first-order chi connectivity index (χ1) is 9.74. The number of rotatable bonds is 5. The number of aryl methyl sites for hydroxylation is 2. The number of aliphatic hydroxyl groups excluding tert-OH is 1.